The number of nitrogens with two attached hydrogens (primary N) is 2. The van der Waals surface area contributed by atoms with Crippen LogP contribution >= 0.6 is 0 Å². The topological polar surface area (TPSA) is 198 Å². The van der Waals surface area contributed by atoms with Crippen LogP contribution in [-0.2, 0) is 32.0 Å². The van der Waals surface area contributed by atoms with Gasteiger partial charge in [0.1, 0.15) is 18.1 Å². The molecule has 0 heterocycles. The van der Waals surface area contributed by atoms with Gasteiger partial charge in [0.25, 0.3) is 5.91 Å². The normalized spacial score (nSPS) is 13.7. The SMILES string of the molecule is CC(C)C[C@@H](NC(=O)[C@@H](Cc1ccccc1)NC(=O)[C@H](N)Cc1ccccc1)C(=O)N[C@H](CCCCN)C(=O)NN=O. The van der Waals surface area contributed by atoms with Gasteiger partial charge in [-0.05, 0) is 55.7 Å². The van der Waals surface area contributed by atoms with Crippen LogP contribution in [0.2, 0.25) is 0 Å². The van der Waals surface area contributed by atoms with E-state index in [-0.39, 0.29) is 31.6 Å². The van der Waals surface area contributed by atoms with E-state index in [2.05, 4.69) is 21.2 Å². The number of carbonyl (C=O) groups is 4. The van der Waals surface area contributed by atoms with Crippen molar-refractivity contribution in [2.75, 3.05) is 6.54 Å². The third kappa shape index (κ3) is 12.1. The largest absolute Gasteiger partial charge is 0.343 e. The molecule has 0 aliphatic rings. The van der Waals surface area contributed by atoms with Gasteiger partial charge in [-0.15, -0.1) is 4.91 Å². The minimum Gasteiger partial charge on any atom is -0.343 e. The minimum absolute atomic E-state index is 0.00340. The summed E-state index contributed by atoms with van der Waals surface area (Å²) in [6.07, 6.45) is 2.10. The van der Waals surface area contributed by atoms with E-state index in [4.69, 9.17) is 11.5 Å². The van der Waals surface area contributed by atoms with Crippen molar-refractivity contribution < 1.29 is 19.2 Å². The van der Waals surface area contributed by atoms with Crippen molar-refractivity contribution in [2.24, 2.45) is 22.7 Å². The molecule has 0 aliphatic carbocycles. The molecule has 2 aromatic rings. The highest BCUT2D eigenvalue weighted by molar-refractivity contribution is 5.94. The van der Waals surface area contributed by atoms with Crippen LogP contribution in [0.1, 0.15) is 50.7 Å². The molecule has 0 saturated heterocycles. The third-order valence-electron chi connectivity index (χ3n) is 6.63. The Bertz CT molecular complexity index is 1150. The number of amides is 4. The average Bonchev–Trinajstić information content (AvgIpc) is 2.96. The van der Waals surface area contributed by atoms with Gasteiger partial charge in [0.05, 0.1) is 11.3 Å². The second-order valence-corrected chi connectivity index (χ2v) is 10.7. The zero-order valence-electron chi connectivity index (χ0n) is 24.3. The van der Waals surface area contributed by atoms with E-state index < -0.39 is 47.8 Å². The van der Waals surface area contributed by atoms with Crippen LogP contribution < -0.4 is 32.8 Å². The molecule has 12 heteroatoms. The number of rotatable bonds is 18. The zero-order chi connectivity index (χ0) is 30.9. The summed E-state index contributed by atoms with van der Waals surface area (Å²) in [4.78, 5) is 63.0. The molecule has 0 bridgehead atoms. The monoisotopic (exact) mass is 581 g/mol. The maximum Gasteiger partial charge on any atom is 0.265 e. The van der Waals surface area contributed by atoms with Crippen LogP contribution in [0, 0.1) is 10.8 Å². The molecule has 42 heavy (non-hydrogen) atoms. The third-order valence-corrected chi connectivity index (χ3v) is 6.63. The summed E-state index contributed by atoms with van der Waals surface area (Å²) in [6.45, 7) is 4.18. The number of carbonyl (C=O) groups excluding carboxylic acids is 4. The number of benzene rings is 2. The maximum absolute atomic E-state index is 13.6. The number of hydrogen-bond donors (Lipinski definition) is 6. The van der Waals surface area contributed by atoms with Crippen LogP contribution in [0.4, 0.5) is 0 Å². The molecule has 4 amide bonds. The lowest BCUT2D eigenvalue weighted by atomic mass is 9.99. The lowest BCUT2D eigenvalue weighted by Gasteiger charge is -2.26. The van der Waals surface area contributed by atoms with E-state index in [9.17, 15) is 24.1 Å². The van der Waals surface area contributed by atoms with Crippen LogP contribution in [0.25, 0.3) is 0 Å². The van der Waals surface area contributed by atoms with Gasteiger partial charge in [-0.1, -0.05) is 74.5 Å². The van der Waals surface area contributed by atoms with Gasteiger partial charge < -0.3 is 27.4 Å². The summed E-state index contributed by atoms with van der Waals surface area (Å²) in [6, 6.07) is 14.5. The summed E-state index contributed by atoms with van der Waals surface area (Å²) in [5.74, 6) is -2.42. The Kier molecular flexibility index (Phi) is 14.8. The fourth-order valence-corrected chi connectivity index (χ4v) is 4.43. The molecular weight excluding hydrogens is 538 g/mol. The molecule has 228 valence electrons. The quantitative estimate of drug-likeness (QED) is 0.0864. The van der Waals surface area contributed by atoms with Gasteiger partial charge in [-0.3, -0.25) is 19.2 Å². The Morgan fingerprint density at radius 2 is 1.24 bits per heavy atom. The summed E-state index contributed by atoms with van der Waals surface area (Å²) < 4.78 is 0. The summed E-state index contributed by atoms with van der Waals surface area (Å²) in [5, 5.41) is 10.6. The summed E-state index contributed by atoms with van der Waals surface area (Å²) in [7, 11) is 0. The molecule has 8 N–H and O–H groups in total. The van der Waals surface area contributed by atoms with E-state index in [1.165, 1.54) is 0 Å². The first-order valence-corrected chi connectivity index (χ1v) is 14.2. The van der Waals surface area contributed by atoms with Gasteiger partial charge in [0.2, 0.25) is 17.7 Å². The van der Waals surface area contributed by atoms with E-state index in [0.717, 1.165) is 11.1 Å². The number of hydrogen-bond acceptors (Lipinski definition) is 8. The molecule has 0 fully saturated rings. The molecule has 2 rings (SSSR count). The first kappa shape index (κ1) is 34.0. The molecule has 0 saturated carbocycles. The molecule has 0 radical (unpaired) electrons. The van der Waals surface area contributed by atoms with Crippen molar-refractivity contribution in [3.05, 3.63) is 76.7 Å². The van der Waals surface area contributed by atoms with Crippen LogP contribution in [0.5, 0.6) is 0 Å². The standard InChI is InChI=1S/C30H43N7O5/c1-20(2)17-25(28(39)33-24(15-9-10-16-31)30(41)36-37-42)35-29(40)26(19-22-13-7-4-8-14-22)34-27(38)23(32)18-21-11-5-3-6-12-21/h3-8,11-14,20,23-26H,9-10,15-19,31-32H2,1-2H3,(H,33,39)(H,34,38)(H,35,40)(H,36,41,42)/t23-,24-,25-,26-/m1/s1. The molecule has 12 nitrogen and oxygen atoms in total. The smallest absolute Gasteiger partial charge is 0.265 e. The molecule has 2 aromatic carbocycles. The van der Waals surface area contributed by atoms with Crippen molar-refractivity contribution in [1.82, 2.24) is 21.4 Å². The fraction of sp³-hybridized carbons (Fsp3) is 0.467. The highest BCUT2D eigenvalue weighted by Gasteiger charge is 2.31. The Balaban J connectivity index is 2.21. The van der Waals surface area contributed by atoms with Crippen molar-refractivity contribution >= 4 is 23.6 Å². The van der Waals surface area contributed by atoms with Gasteiger partial charge >= 0.3 is 0 Å². The minimum atomic E-state index is -1.04. The Hall–Kier alpha value is -4.16. The highest BCUT2D eigenvalue weighted by Crippen LogP contribution is 2.10. The van der Waals surface area contributed by atoms with Crippen LogP contribution in [0.15, 0.2) is 65.9 Å². The van der Waals surface area contributed by atoms with Gasteiger partial charge in [0, 0.05) is 6.42 Å². The average molecular weight is 582 g/mol. The maximum atomic E-state index is 13.6. The molecular formula is C30H43N7O5. The van der Waals surface area contributed by atoms with Crippen molar-refractivity contribution in [2.45, 2.75) is 76.5 Å². The predicted octanol–water partition coefficient (Wildman–Crippen LogP) is 1.23. The molecule has 0 unspecified atom stereocenters. The summed E-state index contributed by atoms with van der Waals surface area (Å²) in [5.41, 5.74) is 15.2. The van der Waals surface area contributed by atoms with Crippen LogP contribution in [0.3, 0.4) is 0 Å². The Morgan fingerprint density at radius 1 is 0.714 bits per heavy atom. The summed E-state index contributed by atoms with van der Waals surface area (Å²) >= 11 is 0. The second kappa shape index (κ2) is 18.3. The van der Waals surface area contributed by atoms with E-state index in [1.54, 1.807) is 0 Å². The van der Waals surface area contributed by atoms with E-state index in [0.29, 0.717) is 19.4 Å². The number of nitrogens with one attached hydrogen (secondary N) is 4. The molecule has 0 spiro atoms. The van der Waals surface area contributed by atoms with Crippen molar-refractivity contribution in [1.29, 1.82) is 0 Å². The van der Waals surface area contributed by atoms with E-state index >= 15 is 0 Å². The molecule has 4 atom stereocenters. The highest BCUT2D eigenvalue weighted by atomic mass is 16.3. The van der Waals surface area contributed by atoms with E-state index in [1.807, 2.05) is 79.9 Å². The number of unbranched alkanes of at least 4 members (excludes halogenated alkanes) is 1. The second-order valence-electron chi connectivity index (χ2n) is 10.7. The molecule has 0 aromatic heterocycles. The number of nitroso groups, excluding NO2 is 1. The fourth-order valence-electron chi connectivity index (χ4n) is 4.43. The Labute approximate surface area is 246 Å². The lowest BCUT2D eigenvalue weighted by molar-refractivity contribution is -0.134. The lowest BCUT2D eigenvalue weighted by Crippen LogP contribution is -2.58. The first-order chi connectivity index (χ1) is 20.1. The molecule has 0 aliphatic heterocycles. The van der Waals surface area contributed by atoms with Gasteiger partial charge in [-0.25, -0.2) is 5.43 Å². The van der Waals surface area contributed by atoms with Crippen LogP contribution in [-0.4, -0.2) is 54.3 Å². The van der Waals surface area contributed by atoms with Crippen molar-refractivity contribution in [3.63, 3.8) is 0 Å². The predicted molar refractivity (Wildman–Crippen MR) is 160 cm³/mol. The Morgan fingerprint density at radius 3 is 1.79 bits per heavy atom. The van der Waals surface area contributed by atoms with Crippen molar-refractivity contribution in [3.8, 4) is 0 Å². The van der Waals surface area contributed by atoms with Gasteiger partial charge in [0.15, 0.2) is 0 Å². The number of nitrogens with zero attached hydrogens (tertiary/aromatic N) is 1. The van der Waals surface area contributed by atoms with Gasteiger partial charge in [-0.2, -0.15) is 0 Å². The first-order valence-electron chi connectivity index (χ1n) is 14.2. The zero-order valence-corrected chi connectivity index (χ0v) is 24.3.